The van der Waals surface area contributed by atoms with Crippen molar-refractivity contribution in [1.29, 1.82) is 0 Å². The Morgan fingerprint density at radius 3 is 2.65 bits per heavy atom. The van der Waals surface area contributed by atoms with Crippen LogP contribution in [0.5, 0.6) is 0 Å². The van der Waals surface area contributed by atoms with Crippen LogP contribution < -0.4 is 10.6 Å². The average molecular weight is 276 g/mol. The Hall–Kier alpha value is -1.09. The summed E-state index contributed by atoms with van der Waals surface area (Å²) in [7, 11) is 0. The number of hydrogen-bond donors (Lipinski definition) is 1. The van der Waals surface area contributed by atoms with Gasteiger partial charge in [0, 0.05) is 24.8 Å². The Balaban J connectivity index is 1.82. The van der Waals surface area contributed by atoms with E-state index in [-0.39, 0.29) is 5.82 Å². The molecule has 0 radical (unpaired) electrons. The fourth-order valence-corrected chi connectivity index (χ4v) is 3.99. The van der Waals surface area contributed by atoms with Crippen molar-refractivity contribution in [2.24, 2.45) is 11.7 Å². The molecule has 1 fully saturated rings. The summed E-state index contributed by atoms with van der Waals surface area (Å²) in [5.74, 6) is 0.545. The fraction of sp³-hybridized carbons (Fsp3) is 0.647. The zero-order valence-corrected chi connectivity index (χ0v) is 12.2. The van der Waals surface area contributed by atoms with Gasteiger partial charge in [0.15, 0.2) is 0 Å². The summed E-state index contributed by atoms with van der Waals surface area (Å²) in [6, 6.07) is 5.59. The third-order valence-electron chi connectivity index (χ3n) is 5.06. The molecule has 1 unspecified atom stereocenters. The van der Waals surface area contributed by atoms with E-state index in [1.165, 1.54) is 44.1 Å². The number of halogens is 1. The maximum absolute atomic E-state index is 13.6. The topological polar surface area (TPSA) is 29.3 Å². The summed E-state index contributed by atoms with van der Waals surface area (Å²) >= 11 is 0. The SMILES string of the molecule is NCC(C1CCCCCC1)N1CCc2ccc(F)cc21. The highest BCUT2D eigenvalue weighted by Gasteiger charge is 2.31. The summed E-state index contributed by atoms with van der Waals surface area (Å²) in [5.41, 5.74) is 8.46. The van der Waals surface area contributed by atoms with Crippen LogP contribution in [0.3, 0.4) is 0 Å². The van der Waals surface area contributed by atoms with E-state index in [1.54, 1.807) is 12.1 Å². The smallest absolute Gasteiger partial charge is 0.125 e. The van der Waals surface area contributed by atoms with Crippen LogP contribution in [0.2, 0.25) is 0 Å². The van der Waals surface area contributed by atoms with Crippen LogP contribution in [-0.2, 0) is 6.42 Å². The number of nitrogens with two attached hydrogens (primary N) is 1. The largest absolute Gasteiger partial charge is 0.366 e. The van der Waals surface area contributed by atoms with Gasteiger partial charge in [-0.2, -0.15) is 0 Å². The molecule has 1 aliphatic heterocycles. The molecule has 2 N–H and O–H groups in total. The molecular formula is C17H25FN2. The minimum absolute atomic E-state index is 0.132. The summed E-state index contributed by atoms with van der Waals surface area (Å²) < 4.78 is 13.6. The van der Waals surface area contributed by atoms with E-state index in [9.17, 15) is 4.39 Å². The van der Waals surface area contributed by atoms with Gasteiger partial charge in [0.1, 0.15) is 5.82 Å². The van der Waals surface area contributed by atoms with E-state index in [0.717, 1.165) is 18.7 Å². The van der Waals surface area contributed by atoms with E-state index in [4.69, 9.17) is 5.73 Å². The van der Waals surface area contributed by atoms with Gasteiger partial charge < -0.3 is 10.6 Å². The lowest BCUT2D eigenvalue weighted by Gasteiger charge is -2.35. The first-order valence-electron chi connectivity index (χ1n) is 8.04. The standard InChI is InChI=1S/C17H25FN2/c18-15-8-7-14-9-10-20(16(14)11-15)17(12-19)13-5-3-1-2-4-6-13/h7-8,11,13,17H,1-6,9-10,12,19H2. The minimum atomic E-state index is -0.132. The maximum atomic E-state index is 13.6. The molecule has 3 heteroatoms. The highest BCUT2D eigenvalue weighted by atomic mass is 19.1. The molecule has 0 saturated heterocycles. The van der Waals surface area contributed by atoms with Gasteiger partial charge in [-0.15, -0.1) is 0 Å². The average Bonchev–Trinajstić information content (AvgIpc) is 2.69. The van der Waals surface area contributed by atoms with Gasteiger partial charge in [-0.1, -0.05) is 31.7 Å². The van der Waals surface area contributed by atoms with Gasteiger partial charge in [0.05, 0.1) is 0 Å². The molecule has 1 atom stereocenters. The van der Waals surface area contributed by atoms with Crippen LogP contribution in [0.4, 0.5) is 10.1 Å². The molecule has 1 aromatic carbocycles. The van der Waals surface area contributed by atoms with Gasteiger partial charge in [-0.3, -0.25) is 0 Å². The lowest BCUT2D eigenvalue weighted by Crippen LogP contribution is -2.45. The number of anilines is 1. The number of nitrogens with zero attached hydrogens (tertiary/aromatic N) is 1. The predicted molar refractivity (Wildman–Crippen MR) is 81.5 cm³/mol. The summed E-state index contributed by atoms with van der Waals surface area (Å²) in [6.07, 6.45) is 8.96. The van der Waals surface area contributed by atoms with Gasteiger partial charge in [0.2, 0.25) is 0 Å². The maximum Gasteiger partial charge on any atom is 0.125 e. The molecule has 1 heterocycles. The zero-order chi connectivity index (χ0) is 13.9. The summed E-state index contributed by atoms with van der Waals surface area (Å²) in [5, 5.41) is 0. The molecule has 0 amide bonds. The van der Waals surface area contributed by atoms with Crippen molar-refractivity contribution < 1.29 is 4.39 Å². The van der Waals surface area contributed by atoms with Crippen LogP contribution in [0.25, 0.3) is 0 Å². The van der Waals surface area contributed by atoms with Crippen molar-refractivity contribution in [3.63, 3.8) is 0 Å². The quantitative estimate of drug-likeness (QED) is 0.856. The van der Waals surface area contributed by atoms with Gasteiger partial charge in [-0.05, 0) is 42.9 Å². The Morgan fingerprint density at radius 2 is 1.95 bits per heavy atom. The first kappa shape index (κ1) is 13.9. The molecule has 2 nitrogen and oxygen atoms in total. The molecule has 110 valence electrons. The zero-order valence-electron chi connectivity index (χ0n) is 12.2. The molecule has 1 aromatic rings. The third kappa shape index (κ3) is 2.69. The lowest BCUT2D eigenvalue weighted by atomic mass is 9.90. The van der Waals surface area contributed by atoms with Crippen LogP contribution in [0.15, 0.2) is 18.2 Å². The highest BCUT2D eigenvalue weighted by molar-refractivity contribution is 5.59. The van der Waals surface area contributed by atoms with Gasteiger partial charge >= 0.3 is 0 Å². The molecule has 1 aliphatic carbocycles. The van der Waals surface area contributed by atoms with Crippen molar-refractivity contribution in [2.75, 3.05) is 18.0 Å². The molecule has 3 rings (SSSR count). The Bertz CT molecular complexity index is 452. The second-order valence-corrected chi connectivity index (χ2v) is 6.27. The van der Waals surface area contributed by atoms with Gasteiger partial charge in [-0.25, -0.2) is 4.39 Å². The molecular weight excluding hydrogens is 251 g/mol. The fourth-order valence-electron chi connectivity index (χ4n) is 3.99. The summed E-state index contributed by atoms with van der Waals surface area (Å²) in [4.78, 5) is 2.38. The monoisotopic (exact) mass is 276 g/mol. The number of hydrogen-bond acceptors (Lipinski definition) is 2. The second kappa shape index (κ2) is 6.13. The van der Waals surface area contributed by atoms with Crippen molar-refractivity contribution in [2.45, 2.75) is 51.0 Å². The van der Waals surface area contributed by atoms with Crippen LogP contribution in [-0.4, -0.2) is 19.1 Å². The first-order chi connectivity index (χ1) is 9.79. The van der Waals surface area contributed by atoms with Crippen molar-refractivity contribution >= 4 is 5.69 Å². The number of fused-ring (bicyclic) bond motifs is 1. The van der Waals surface area contributed by atoms with Gasteiger partial charge in [0.25, 0.3) is 0 Å². The van der Waals surface area contributed by atoms with Crippen LogP contribution in [0.1, 0.15) is 44.1 Å². The highest BCUT2D eigenvalue weighted by Crippen LogP contribution is 2.35. The van der Waals surface area contributed by atoms with Crippen LogP contribution in [0, 0.1) is 11.7 Å². The van der Waals surface area contributed by atoms with E-state index in [2.05, 4.69) is 4.90 Å². The molecule has 0 bridgehead atoms. The number of benzene rings is 1. The number of rotatable bonds is 3. The normalized spacial score (nSPS) is 21.6. The predicted octanol–water partition coefficient (Wildman–Crippen LogP) is 3.49. The second-order valence-electron chi connectivity index (χ2n) is 6.27. The van der Waals surface area contributed by atoms with Crippen molar-refractivity contribution in [3.05, 3.63) is 29.6 Å². The van der Waals surface area contributed by atoms with E-state index in [1.807, 2.05) is 6.07 Å². The van der Waals surface area contributed by atoms with Crippen molar-refractivity contribution in [3.8, 4) is 0 Å². The van der Waals surface area contributed by atoms with Crippen LogP contribution >= 0.6 is 0 Å². The third-order valence-corrected chi connectivity index (χ3v) is 5.06. The first-order valence-corrected chi connectivity index (χ1v) is 8.04. The summed E-state index contributed by atoms with van der Waals surface area (Å²) in [6.45, 7) is 1.68. The molecule has 1 saturated carbocycles. The van der Waals surface area contributed by atoms with E-state index in [0.29, 0.717) is 18.5 Å². The Morgan fingerprint density at radius 1 is 1.20 bits per heavy atom. The lowest BCUT2D eigenvalue weighted by molar-refractivity contribution is 0.363. The van der Waals surface area contributed by atoms with Crippen molar-refractivity contribution in [1.82, 2.24) is 0 Å². The minimum Gasteiger partial charge on any atom is -0.366 e. The van der Waals surface area contributed by atoms with E-state index < -0.39 is 0 Å². The molecule has 2 aliphatic rings. The van der Waals surface area contributed by atoms with E-state index >= 15 is 0 Å². The Labute approximate surface area is 121 Å². The molecule has 20 heavy (non-hydrogen) atoms. The molecule has 0 spiro atoms. The molecule has 0 aromatic heterocycles. The Kier molecular flexibility index (Phi) is 4.25.